The Morgan fingerprint density at radius 3 is 2.50 bits per heavy atom. The highest BCUT2D eigenvalue weighted by Gasteiger charge is 2.10. The normalized spacial score (nSPS) is 13.2. The fourth-order valence-corrected chi connectivity index (χ4v) is 1.78. The highest BCUT2D eigenvalue weighted by molar-refractivity contribution is 5.24. The van der Waals surface area contributed by atoms with Crippen LogP contribution in [0.25, 0.3) is 0 Å². The van der Waals surface area contributed by atoms with E-state index in [0.717, 1.165) is 25.1 Å². The summed E-state index contributed by atoms with van der Waals surface area (Å²) in [6.45, 7) is 9.34. The monoisotopic (exact) mass is 195 g/mol. The Bertz CT molecular complexity index is 300. The van der Waals surface area contributed by atoms with Crippen LogP contribution in [0.1, 0.15) is 37.2 Å². The largest absolute Gasteiger partial charge is 0.328 e. The van der Waals surface area contributed by atoms with E-state index in [1.807, 2.05) is 0 Å². The van der Waals surface area contributed by atoms with Crippen molar-refractivity contribution in [2.45, 2.75) is 53.1 Å². The molecule has 1 atom stereocenters. The van der Waals surface area contributed by atoms with Crippen molar-refractivity contribution in [2.75, 3.05) is 0 Å². The van der Waals surface area contributed by atoms with Crippen LogP contribution in [0, 0.1) is 13.8 Å². The van der Waals surface area contributed by atoms with Gasteiger partial charge in [0.15, 0.2) is 0 Å². The topological polar surface area (TPSA) is 43.8 Å². The van der Waals surface area contributed by atoms with E-state index in [0.29, 0.717) is 0 Å². The van der Waals surface area contributed by atoms with Gasteiger partial charge >= 0.3 is 0 Å². The van der Waals surface area contributed by atoms with Crippen molar-refractivity contribution in [3.63, 3.8) is 0 Å². The van der Waals surface area contributed by atoms with E-state index in [9.17, 15) is 0 Å². The van der Waals surface area contributed by atoms with E-state index in [4.69, 9.17) is 5.73 Å². The van der Waals surface area contributed by atoms with Crippen molar-refractivity contribution in [2.24, 2.45) is 5.73 Å². The molecule has 80 valence electrons. The highest BCUT2D eigenvalue weighted by Crippen LogP contribution is 2.15. The Morgan fingerprint density at radius 2 is 2.07 bits per heavy atom. The minimum absolute atomic E-state index is 0.277. The second-order valence-electron chi connectivity index (χ2n) is 3.98. The van der Waals surface area contributed by atoms with Crippen LogP contribution >= 0.6 is 0 Å². The Hall–Kier alpha value is -0.830. The van der Waals surface area contributed by atoms with Crippen molar-refractivity contribution < 1.29 is 0 Å². The van der Waals surface area contributed by atoms with E-state index in [2.05, 4.69) is 37.5 Å². The van der Waals surface area contributed by atoms with Gasteiger partial charge in [-0.2, -0.15) is 5.10 Å². The number of aromatic nitrogens is 2. The van der Waals surface area contributed by atoms with Gasteiger partial charge in [0.25, 0.3) is 0 Å². The van der Waals surface area contributed by atoms with Crippen LogP contribution in [-0.4, -0.2) is 15.8 Å². The highest BCUT2D eigenvalue weighted by atomic mass is 15.3. The second-order valence-corrected chi connectivity index (χ2v) is 3.98. The summed E-state index contributed by atoms with van der Waals surface area (Å²) >= 11 is 0. The predicted octanol–water partition coefficient (Wildman–Crippen LogP) is 1.80. The van der Waals surface area contributed by atoms with Gasteiger partial charge in [-0.25, -0.2) is 0 Å². The lowest BCUT2D eigenvalue weighted by Crippen LogP contribution is -2.15. The van der Waals surface area contributed by atoms with Gasteiger partial charge in [-0.15, -0.1) is 0 Å². The van der Waals surface area contributed by atoms with E-state index in [1.54, 1.807) is 0 Å². The summed E-state index contributed by atoms with van der Waals surface area (Å²) in [6, 6.07) is 0.277. The molecule has 0 fully saturated rings. The van der Waals surface area contributed by atoms with E-state index < -0.39 is 0 Å². The van der Waals surface area contributed by atoms with Crippen molar-refractivity contribution in [1.82, 2.24) is 9.78 Å². The maximum Gasteiger partial charge on any atom is 0.0628 e. The molecular formula is C11H21N3. The van der Waals surface area contributed by atoms with Gasteiger partial charge in [0.05, 0.1) is 5.69 Å². The fourth-order valence-electron chi connectivity index (χ4n) is 1.78. The Balaban J connectivity index is 2.80. The first kappa shape index (κ1) is 11.2. The quantitative estimate of drug-likeness (QED) is 0.796. The first-order valence-corrected chi connectivity index (χ1v) is 5.34. The molecule has 0 amide bonds. The Morgan fingerprint density at radius 1 is 1.43 bits per heavy atom. The van der Waals surface area contributed by atoms with Gasteiger partial charge in [-0.3, -0.25) is 4.68 Å². The number of nitrogens with two attached hydrogens (primary N) is 1. The van der Waals surface area contributed by atoms with Crippen molar-refractivity contribution in [1.29, 1.82) is 0 Å². The van der Waals surface area contributed by atoms with Crippen LogP contribution in [0.5, 0.6) is 0 Å². The number of rotatable bonds is 4. The number of hydrogen-bond donors (Lipinski definition) is 1. The van der Waals surface area contributed by atoms with Crippen LogP contribution in [0.15, 0.2) is 0 Å². The molecule has 0 unspecified atom stereocenters. The standard InChI is InChI=1S/C11H21N3/c1-5-14-10(4)11(9(3)13-14)7-6-8(2)12/h8H,5-7,12H2,1-4H3/t8-/m0/s1. The lowest BCUT2D eigenvalue weighted by Gasteiger charge is -2.05. The minimum Gasteiger partial charge on any atom is -0.328 e. The van der Waals surface area contributed by atoms with Crippen LogP contribution in [0.4, 0.5) is 0 Å². The fraction of sp³-hybridized carbons (Fsp3) is 0.727. The molecule has 0 aliphatic heterocycles. The van der Waals surface area contributed by atoms with Crippen LogP contribution in [0.2, 0.25) is 0 Å². The third-order valence-corrected chi connectivity index (χ3v) is 2.68. The molecule has 0 radical (unpaired) electrons. The van der Waals surface area contributed by atoms with E-state index in [-0.39, 0.29) is 6.04 Å². The van der Waals surface area contributed by atoms with Crippen LogP contribution in [0.3, 0.4) is 0 Å². The SMILES string of the molecule is CCn1nc(C)c(CC[C@H](C)N)c1C. The molecule has 3 heteroatoms. The third kappa shape index (κ3) is 2.35. The summed E-state index contributed by atoms with van der Waals surface area (Å²) in [5, 5.41) is 4.48. The van der Waals surface area contributed by atoms with Crippen molar-refractivity contribution in [3.8, 4) is 0 Å². The molecule has 1 heterocycles. The summed E-state index contributed by atoms with van der Waals surface area (Å²) in [5.74, 6) is 0. The van der Waals surface area contributed by atoms with Gasteiger partial charge in [0, 0.05) is 18.3 Å². The van der Waals surface area contributed by atoms with Crippen LogP contribution in [-0.2, 0) is 13.0 Å². The maximum atomic E-state index is 5.75. The predicted molar refractivity (Wildman–Crippen MR) is 59.3 cm³/mol. The molecule has 2 N–H and O–H groups in total. The summed E-state index contributed by atoms with van der Waals surface area (Å²) < 4.78 is 2.06. The average molecular weight is 195 g/mol. The molecule has 0 aliphatic carbocycles. The van der Waals surface area contributed by atoms with Gasteiger partial charge < -0.3 is 5.73 Å². The first-order valence-electron chi connectivity index (χ1n) is 5.34. The lowest BCUT2D eigenvalue weighted by molar-refractivity contribution is 0.630. The Labute approximate surface area is 86.3 Å². The maximum absolute atomic E-state index is 5.75. The molecule has 14 heavy (non-hydrogen) atoms. The Kier molecular flexibility index (Phi) is 3.69. The molecule has 0 aliphatic rings. The molecule has 3 nitrogen and oxygen atoms in total. The summed E-state index contributed by atoms with van der Waals surface area (Å²) in [4.78, 5) is 0. The minimum atomic E-state index is 0.277. The van der Waals surface area contributed by atoms with Crippen LogP contribution < -0.4 is 5.73 Å². The van der Waals surface area contributed by atoms with Crippen molar-refractivity contribution >= 4 is 0 Å². The molecular weight excluding hydrogens is 174 g/mol. The number of hydrogen-bond acceptors (Lipinski definition) is 2. The average Bonchev–Trinajstić information content (AvgIpc) is 2.39. The van der Waals surface area contributed by atoms with E-state index >= 15 is 0 Å². The van der Waals surface area contributed by atoms with Gasteiger partial charge in [0.1, 0.15) is 0 Å². The molecule has 0 saturated heterocycles. The zero-order valence-electron chi connectivity index (χ0n) is 9.67. The zero-order valence-corrected chi connectivity index (χ0v) is 9.67. The molecule has 0 bridgehead atoms. The molecule has 1 rings (SSSR count). The van der Waals surface area contributed by atoms with E-state index in [1.165, 1.54) is 11.3 Å². The number of aryl methyl sites for hydroxylation is 2. The van der Waals surface area contributed by atoms with Gasteiger partial charge in [0.2, 0.25) is 0 Å². The smallest absolute Gasteiger partial charge is 0.0628 e. The second kappa shape index (κ2) is 4.60. The number of nitrogens with zero attached hydrogens (tertiary/aromatic N) is 2. The van der Waals surface area contributed by atoms with Gasteiger partial charge in [-0.1, -0.05) is 0 Å². The summed E-state index contributed by atoms with van der Waals surface area (Å²) in [7, 11) is 0. The molecule has 1 aromatic heterocycles. The molecule has 0 spiro atoms. The zero-order chi connectivity index (χ0) is 10.7. The summed E-state index contributed by atoms with van der Waals surface area (Å²) in [6.07, 6.45) is 2.09. The molecule has 0 aromatic carbocycles. The lowest BCUT2D eigenvalue weighted by atomic mass is 10.1. The summed E-state index contributed by atoms with van der Waals surface area (Å²) in [5.41, 5.74) is 9.59. The molecule has 1 aromatic rings. The third-order valence-electron chi connectivity index (χ3n) is 2.68. The first-order chi connectivity index (χ1) is 6.56. The van der Waals surface area contributed by atoms with Crippen molar-refractivity contribution in [3.05, 3.63) is 17.0 Å². The van der Waals surface area contributed by atoms with Gasteiger partial charge in [-0.05, 0) is 46.1 Å². The molecule has 0 saturated carbocycles.